The summed E-state index contributed by atoms with van der Waals surface area (Å²) in [6.07, 6.45) is 0.402. The van der Waals surface area contributed by atoms with E-state index in [9.17, 15) is 24.3 Å². The van der Waals surface area contributed by atoms with Gasteiger partial charge >= 0.3 is 0 Å². The maximum absolute atomic E-state index is 12.7. The molecule has 31 heavy (non-hydrogen) atoms. The minimum Gasteiger partial charge on any atom is -0.860 e. The second kappa shape index (κ2) is 8.35. The summed E-state index contributed by atoms with van der Waals surface area (Å²) in [5, 5.41) is 16.4. The predicted octanol–water partition coefficient (Wildman–Crippen LogP) is 1.84. The number of Topliss-reactive ketones (excluding diaryl/α,β-unsaturated/α-hetero) is 1. The number of hydrogen-bond acceptors (Lipinski definition) is 7. The van der Waals surface area contributed by atoms with E-state index < -0.39 is 29.5 Å². The number of carbonyl (C=O) groups is 4. The lowest BCUT2D eigenvalue weighted by atomic mass is 10.1. The summed E-state index contributed by atoms with van der Waals surface area (Å²) in [6.45, 7) is 4.39. The zero-order valence-corrected chi connectivity index (χ0v) is 18.6. The first-order valence-electron chi connectivity index (χ1n) is 9.87. The maximum atomic E-state index is 12.7. The van der Waals surface area contributed by atoms with Gasteiger partial charge in [0.2, 0.25) is 5.91 Å². The smallest absolute Gasteiger partial charge is 0.293 e. The molecule has 162 valence electrons. The first-order valence-corrected chi connectivity index (χ1v) is 11.6. The van der Waals surface area contributed by atoms with E-state index in [4.69, 9.17) is 0 Å². The normalized spacial score (nSPS) is 18.4. The van der Waals surface area contributed by atoms with Gasteiger partial charge in [-0.25, -0.2) is 4.99 Å². The SMILES string of the molecule is CC(C)c1ccc(C(=O)C(=O)NCc2scc3c2CN(C2CCC(=O)N=C2[O-])C3=O)s1. The van der Waals surface area contributed by atoms with Crippen LogP contribution in [0.25, 0.3) is 0 Å². The highest BCUT2D eigenvalue weighted by Crippen LogP contribution is 2.34. The van der Waals surface area contributed by atoms with Gasteiger partial charge < -0.3 is 15.3 Å². The van der Waals surface area contributed by atoms with Gasteiger partial charge in [0.15, 0.2) is 0 Å². The van der Waals surface area contributed by atoms with Gasteiger partial charge in [0.25, 0.3) is 17.6 Å². The molecule has 1 N–H and O–H groups in total. The van der Waals surface area contributed by atoms with Gasteiger partial charge in [0, 0.05) is 28.1 Å². The molecular weight excluding hydrogens is 438 g/mol. The summed E-state index contributed by atoms with van der Waals surface area (Å²) in [5.41, 5.74) is 1.23. The van der Waals surface area contributed by atoms with Gasteiger partial charge in [-0.1, -0.05) is 13.8 Å². The Morgan fingerprint density at radius 3 is 2.77 bits per heavy atom. The fraction of sp³-hybridized carbons (Fsp3) is 0.381. The lowest BCUT2D eigenvalue weighted by Gasteiger charge is -2.33. The van der Waals surface area contributed by atoms with Crippen LogP contribution >= 0.6 is 22.7 Å². The molecule has 0 saturated carbocycles. The van der Waals surface area contributed by atoms with E-state index in [2.05, 4.69) is 10.3 Å². The molecule has 0 saturated heterocycles. The van der Waals surface area contributed by atoms with Gasteiger partial charge in [-0.15, -0.1) is 22.7 Å². The Hall–Kier alpha value is -2.85. The largest absolute Gasteiger partial charge is 0.860 e. The minimum atomic E-state index is -0.736. The monoisotopic (exact) mass is 458 g/mol. The number of fused-ring (bicyclic) bond motifs is 1. The number of thiophene rings is 2. The molecule has 1 unspecified atom stereocenters. The van der Waals surface area contributed by atoms with Crippen LogP contribution in [0.3, 0.4) is 0 Å². The lowest BCUT2D eigenvalue weighted by molar-refractivity contribution is -0.225. The average Bonchev–Trinajstić information content (AvgIpc) is 3.43. The van der Waals surface area contributed by atoms with Crippen LogP contribution in [0.1, 0.15) is 68.0 Å². The van der Waals surface area contributed by atoms with Crippen LogP contribution in [0.4, 0.5) is 0 Å². The highest BCUT2D eigenvalue weighted by atomic mass is 32.1. The molecule has 2 aromatic rings. The molecule has 0 spiro atoms. The van der Waals surface area contributed by atoms with E-state index in [0.717, 1.165) is 15.3 Å². The van der Waals surface area contributed by atoms with Crippen LogP contribution in [-0.2, 0) is 22.7 Å². The summed E-state index contributed by atoms with van der Waals surface area (Å²) in [7, 11) is 0. The van der Waals surface area contributed by atoms with Crippen molar-refractivity contribution in [2.45, 2.75) is 51.7 Å². The number of ketones is 1. The molecule has 3 amide bonds. The maximum Gasteiger partial charge on any atom is 0.293 e. The van der Waals surface area contributed by atoms with Crippen molar-refractivity contribution in [3.63, 3.8) is 0 Å². The quantitative estimate of drug-likeness (QED) is 0.523. The third-order valence-electron chi connectivity index (χ3n) is 5.36. The Morgan fingerprint density at radius 1 is 1.32 bits per heavy atom. The zero-order valence-electron chi connectivity index (χ0n) is 17.0. The Balaban J connectivity index is 1.42. The predicted molar refractivity (Wildman–Crippen MR) is 114 cm³/mol. The fourth-order valence-electron chi connectivity index (χ4n) is 3.64. The Labute approximate surface area is 186 Å². The number of nitrogens with one attached hydrogen (secondary N) is 1. The van der Waals surface area contributed by atoms with Crippen molar-refractivity contribution in [2.75, 3.05) is 0 Å². The van der Waals surface area contributed by atoms with Crippen molar-refractivity contribution in [2.24, 2.45) is 4.99 Å². The fourth-order valence-corrected chi connectivity index (χ4v) is 5.56. The van der Waals surface area contributed by atoms with Gasteiger partial charge in [0.05, 0.1) is 23.0 Å². The molecule has 0 aliphatic carbocycles. The highest BCUT2D eigenvalue weighted by molar-refractivity contribution is 7.15. The van der Waals surface area contributed by atoms with Crippen LogP contribution in [0.2, 0.25) is 0 Å². The minimum absolute atomic E-state index is 0.121. The zero-order chi connectivity index (χ0) is 22.3. The van der Waals surface area contributed by atoms with Gasteiger partial charge in [-0.05, 0) is 35.9 Å². The van der Waals surface area contributed by atoms with Gasteiger partial charge in [-0.3, -0.25) is 19.2 Å². The molecule has 0 bridgehead atoms. The Bertz CT molecular complexity index is 1110. The molecule has 10 heteroatoms. The molecule has 4 rings (SSSR count). The van der Waals surface area contributed by atoms with Crippen molar-refractivity contribution < 1.29 is 24.3 Å². The topological polar surface area (TPSA) is 119 Å². The molecule has 8 nitrogen and oxygen atoms in total. The van der Waals surface area contributed by atoms with Crippen molar-refractivity contribution >= 4 is 52.1 Å². The van der Waals surface area contributed by atoms with E-state index in [0.29, 0.717) is 10.4 Å². The molecular formula is C21H20N3O5S2-. The Morgan fingerprint density at radius 2 is 2.10 bits per heavy atom. The molecule has 0 radical (unpaired) electrons. The summed E-state index contributed by atoms with van der Waals surface area (Å²) in [6, 6.07) is 2.79. The second-order valence-electron chi connectivity index (χ2n) is 7.75. The summed E-state index contributed by atoms with van der Waals surface area (Å²) in [5.74, 6) is -2.31. The highest BCUT2D eigenvalue weighted by Gasteiger charge is 2.36. The third kappa shape index (κ3) is 4.05. The summed E-state index contributed by atoms with van der Waals surface area (Å²) >= 11 is 2.64. The molecule has 0 aromatic carbocycles. The number of rotatable bonds is 6. The van der Waals surface area contributed by atoms with E-state index >= 15 is 0 Å². The van der Waals surface area contributed by atoms with Crippen LogP contribution in [0.5, 0.6) is 0 Å². The second-order valence-corrected chi connectivity index (χ2v) is 9.83. The molecule has 2 aromatic heterocycles. The number of carbonyl (C=O) groups excluding carboxylic acids is 4. The van der Waals surface area contributed by atoms with Crippen LogP contribution < -0.4 is 10.4 Å². The van der Waals surface area contributed by atoms with E-state index in [1.165, 1.54) is 27.6 Å². The van der Waals surface area contributed by atoms with E-state index in [-0.39, 0.29) is 37.8 Å². The number of amides is 3. The number of aliphatic imine (C=N–C) groups is 1. The van der Waals surface area contributed by atoms with Crippen molar-refractivity contribution in [3.8, 4) is 0 Å². The van der Waals surface area contributed by atoms with Crippen molar-refractivity contribution in [1.82, 2.24) is 10.2 Å². The number of nitrogens with zero attached hydrogens (tertiary/aromatic N) is 2. The van der Waals surface area contributed by atoms with Crippen LogP contribution in [0, 0.1) is 0 Å². The van der Waals surface area contributed by atoms with Gasteiger partial charge in [-0.2, -0.15) is 0 Å². The molecule has 2 aliphatic heterocycles. The first kappa shape index (κ1) is 21.4. The summed E-state index contributed by atoms with van der Waals surface area (Å²) < 4.78 is 0. The van der Waals surface area contributed by atoms with Crippen molar-refractivity contribution in [3.05, 3.63) is 43.3 Å². The summed E-state index contributed by atoms with van der Waals surface area (Å²) in [4.78, 5) is 55.9. The van der Waals surface area contributed by atoms with E-state index in [1.54, 1.807) is 11.4 Å². The molecule has 1 atom stereocenters. The van der Waals surface area contributed by atoms with Crippen LogP contribution in [-0.4, -0.2) is 40.3 Å². The molecule has 2 aliphatic rings. The third-order valence-corrected chi connectivity index (χ3v) is 7.78. The van der Waals surface area contributed by atoms with Crippen LogP contribution in [0.15, 0.2) is 22.5 Å². The lowest BCUT2D eigenvalue weighted by Crippen LogP contribution is -2.49. The number of hydrogen-bond donors (Lipinski definition) is 1. The standard InChI is InChI=1S/C21H21N3O5S2/c1-10(2)14-4-5-15(31-14)18(26)20(28)22-7-16-11-8-24(21(29)12(11)9-30-16)13-3-6-17(25)23-19(13)27/h4-5,9-10,13H,3,6-8H2,1-2H3,(H,22,28)(H,23,25,27)/p-1. The molecule has 0 fully saturated rings. The van der Waals surface area contributed by atoms with Gasteiger partial charge in [0.1, 0.15) is 0 Å². The Kier molecular flexibility index (Phi) is 5.76. The molecule has 4 heterocycles. The van der Waals surface area contributed by atoms with Crippen molar-refractivity contribution in [1.29, 1.82) is 0 Å². The van der Waals surface area contributed by atoms with E-state index in [1.807, 2.05) is 19.9 Å². The first-order chi connectivity index (χ1) is 14.8. The average molecular weight is 459 g/mol.